The first-order valence-corrected chi connectivity index (χ1v) is 8.70. The Balaban J connectivity index is 1.83. The Bertz CT molecular complexity index is 959. The van der Waals surface area contributed by atoms with Gasteiger partial charge in [0, 0.05) is 6.20 Å². The molecule has 0 aliphatic heterocycles. The number of nitrogens with one attached hydrogen (secondary N) is 1. The molecule has 1 heterocycles. The summed E-state index contributed by atoms with van der Waals surface area (Å²) in [5.41, 5.74) is 2.90. The van der Waals surface area contributed by atoms with Gasteiger partial charge in [-0.25, -0.2) is 4.39 Å². The molecule has 0 spiro atoms. The van der Waals surface area contributed by atoms with Crippen LogP contribution in [-0.2, 0) is 9.53 Å². The van der Waals surface area contributed by atoms with E-state index in [1.165, 1.54) is 13.3 Å². The van der Waals surface area contributed by atoms with Gasteiger partial charge in [-0.1, -0.05) is 54.6 Å². The van der Waals surface area contributed by atoms with Crippen LogP contribution in [-0.4, -0.2) is 24.0 Å². The van der Waals surface area contributed by atoms with Crippen molar-refractivity contribution in [1.29, 1.82) is 0 Å². The summed E-state index contributed by atoms with van der Waals surface area (Å²) in [6, 6.07) is 17.9. The third-order valence-corrected chi connectivity index (χ3v) is 4.29. The lowest BCUT2D eigenvalue weighted by Gasteiger charge is -2.19. The van der Waals surface area contributed by atoms with E-state index in [-0.39, 0.29) is 12.0 Å². The molecule has 1 N–H and O–H groups in total. The summed E-state index contributed by atoms with van der Waals surface area (Å²) in [4.78, 5) is 28.0. The molecule has 3 rings (SSSR count). The zero-order valence-corrected chi connectivity index (χ0v) is 15.3. The van der Waals surface area contributed by atoms with Crippen molar-refractivity contribution in [2.45, 2.75) is 12.5 Å². The molecule has 0 radical (unpaired) electrons. The monoisotopic (exact) mass is 378 g/mol. The maximum absolute atomic E-state index is 13.3. The van der Waals surface area contributed by atoms with Crippen LogP contribution in [0.1, 0.15) is 28.4 Å². The fraction of sp³-hybridized carbons (Fsp3) is 0.136. The summed E-state index contributed by atoms with van der Waals surface area (Å²) in [7, 11) is 1.29. The van der Waals surface area contributed by atoms with Crippen molar-refractivity contribution in [3.63, 3.8) is 0 Å². The van der Waals surface area contributed by atoms with Crippen molar-refractivity contribution in [2.75, 3.05) is 7.11 Å². The van der Waals surface area contributed by atoms with E-state index in [9.17, 15) is 14.0 Å². The van der Waals surface area contributed by atoms with Crippen LogP contribution in [0.25, 0.3) is 11.1 Å². The first kappa shape index (κ1) is 19.2. The molecular formula is C22H19FN2O3. The lowest BCUT2D eigenvalue weighted by atomic mass is 9.99. The van der Waals surface area contributed by atoms with Crippen molar-refractivity contribution in [2.24, 2.45) is 0 Å². The Hall–Kier alpha value is -3.54. The molecule has 1 amide bonds. The van der Waals surface area contributed by atoms with E-state index in [0.717, 1.165) is 29.0 Å². The SMILES string of the molecule is COC(=O)CC(NC(=O)c1cncc(F)c1)c1ccc(-c2ccccc2)cc1. The van der Waals surface area contributed by atoms with E-state index in [4.69, 9.17) is 4.74 Å². The Kier molecular flexibility index (Phi) is 6.11. The largest absolute Gasteiger partial charge is 0.469 e. The van der Waals surface area contributed by atoms with Crippen molar-refractivity contribution in [1.82, 2.24) is 10.3 Å². The molecular weight excluding hydrogens is 359 g/mol. The van der Waals surface area contributed by atoms with Gasteiger partial charge in [0.05, 0.1) is 31.3 Å². The van der Waals surface area contributed by atoms with Gasteiger partial charge in [-0.05, 0) is 22.8 Å². The zero-order valence-electron chi connectivity index (χ0n) is 15.3. The first-order chi connectivity index (χ1) is 13.6. The van der Waals surface area contributed by atoms with E-state index in [0.29, 0.717) is 0 Å². The van der Waals surface area contributed by atoms with E-state index in [1.807, 2.05) is 54.6 Å². The number of ether oxygens (including phenoxy) is 1. The molecule has 0 aliphatic rings. The van der Waals surface area contributed by atoms with Gasteiger partial charge in [0.1, 0.15) is 5.82 Å². The number of rotatable bonds is 6. The topological polar surface area (TPSA) is 68.3 Å². The third kappa shape index (κ3) is 4.79. The second-order valence-corrected chi connectivity index (χ2v) is 6.19. The zero-order chi connectivity index (χ0) is 19.9. The summed E-state index contributed by atoms with van der Waals surface area (Å²) in [6.07, 6.45) is 2.24. The maximum Gasteiger partial charge on any atom is 0.307 e. The Morgan fingerprint density at radius 3 is 2.36 bits per heavy atom. The van der Waals surface area contributed by atoms with Crippen molar-refractivity contribution >= 4 is 11.9 Å². The fourth-order valence-corrected chi connectivity index (χ4v) is 2.82. The first-order valence-electron chi connectivity index (χ1n) is 8.70. The number of nitrogens with zero attached hydrogens (tertiary/aromatic N) is 1. The highest BCUT2D eigenvalue weighted by Crippen LogP contribution is 2.24. The van der Waals surface area contributed by atoms with Crippen LogP contribution in [0.2, 0.25) is 0 Å². The number of carbonyl (C=O) groups is 2. The summed E-state index contributed by atoms with van der Waals surface area (Å²) in [6.45, 7) is 0. The number of hydrogen-bond acceptors (Lipinski definition) is 4. The van der Waals surface area contributed by atoms with Crippen molar-refractivity contribution < 1.29 is 18.7 Å². The molecule has 0 saturated heterocycles. The van der Waals surface area contributed by atoms with Gasteiger partial charge in [-0.2, -0.15) is 0 Å². The summed E-state index contributed by atoms with van der Waals surface area (Å²) >= 11 is 0. The van der Waals surface area contributed by atoms with Crippen molar-refractivity contribution in [3.8, 4) is 11.1 Å². The van der Waals surface area contributed by atoms with E-state index in [1.54, 1.807) is 0 Å². The Labute approximate surface area is 162 Å². The number of halogens is 1. The fourth-order valence-electron chi connectivity index (χ4n) is 2.82. The number of aromatic nitrogens is 1. The van der Waals surface area contributed by atoms with Crippen LogP contribution in [0.4, 0.5) is 4.39 Å². The second-order valence-electron chi connectivity index (χ2n) is 6.19. The predicted octanol–water partition coefficient (Wildman–Crippen LogP) is 3.92. The molecule has 1 unspecified atom stereocenters. The molecule has 6 heteroatoms. The van der Waals surface area contributed by atoms with Crippen LogP contribution in [0.3, 0.4) is 0 Å². The minimum Gasteiger partial charge on any atom is -0.469 e. The lowest BCUT2D eigenvalue weighted by Crippen LogP contribution is -2.30. The molecule has 0 bridgehead atoms. The number of amides is 1. The van der Waals surface area contributed by atoms with Gasteiger partial charge in [-0.3, -0.25) is 14.6 Å². The smallest absolute Gasteiger partial charge is 0.307 e. The molecule has 1 aromatic heterocycles. The normalized spacial score (nSPS) is 11.5. The molecule has 5 nitrogen and oxygen atoms in total. The van der Waals surface area contributed by atoms with Gasteiger partial charge < -0.3 is 10.1 Å². The minimum atomic E-state index is -0.618. The van der Waals surface area contributed by atoms with Crippen molar-refractivity contribution in [3.05, 3.63) is 90.0 Å². The molecule has 2 aromatic carbocycles. The van der Waals surface area contributed by atoms with Crippen LogP contribution in [0, 0.1) is 5.82 Å². The quantitative estimate of drug-likeness (QED) is 0.660. The molecule has 28 heavy (non-hydrogen) atoms. The number of hydrogen-bond donors (Lipinski definition) is 1. The predicted molar refractivity (Wildman–Crippen MR) is 103 cm³/mol. The number of pyridine rings is 1. The average Bonchev–Trinajstić information content (AvgIpc) is 2.74. The lowest BCUT2D eigenvalue weighted by molar-refractivity contribution is -0.141. The third-order valence-electron chi connectivity index (χ3n) is 4.29. The highest BCUT2D eigenvalue weighted by molar-refractivity contribution is 5.94. The molecule has 0 fully saturated rings. The molecule has 0 saturated carbocycles. The summed E-state index contributed by atoms with van der Waals surface area (Å²) in [5, 5.41) is 2.75. The van der Waals surface area contributed by atoms with Crippen LogP contribution in [0.5, 0.6) is 0 Å². The van der Waals surface area contributed by atoms with E-state index in [2.05, 4.69) is 10.3 Å². The number of benzene rings is 2. The molecule has 3 aromatic rings. The highest BCUT2D eigenvalue weighted by Gasteiger charge is 2.20. The van der Waals surface area contributed by atoms with Gasteiger partial charge >= 0.3 is 5.97 Å². The Morgan fingerprint density at radius 1 is 1.04 bits per heavy atom. The van der Waals surface area contributed by atoms with Gasteiger partial charge in [0.25, 0.3) is 5.91 Å². The molecule has 1 atom stereocenters. The molecule has 142 valence electrons. The average molecular weight is 378 g/mol. The van der Waals surface area contributed by atoms with E-state index < -0.39 is 23.7 Å². The number of methoxy groups -OCH3 is 1. The van der Waals surface area contributed by atoms with Crippen LogP contribution < -0.4 is 5.32 Å². The van der Waals surface area contributed by atoms with Gasteiger partial charge in [-0.15, -0.1) is 0 Å². The summed E-state index contributed by atoms with van der Waals surface area (Å²) < 4.78 is 18.1. The number of esters is 1. The van der Waals surface area contributed by atoms with Crippen LogP contribution in [0.15, 0.2) is 73.1 Å². The van der Waals surface area contributed by atoms with E-state index >= 15 is 0 Å². The second kappa shape index (κ2) is 8.90. The Morgan fingerprint density at radius 2 is 1.71 bits per heavy atom. The summed E-state index contributed by atoms with van der Waals surface area (Å²) in [5.74, 6) is -1.59. The number of carbonyl (C=O) groups excluding carboxylic acids is 2. The van der Waals surface area contributed by atoms with Gasteiger partial charge in [0.15, 0.2) is 0 Å². The van der Waals surface area contributed by atoms with Crippen LogP contribution >= 0.6 is 0 Å². The standard InChI is InChI=1S/C22H19FN2O3/c1-28-21(26)12-20(25-22(27)18-11-19(23)14-24-13-18)17-9-7-16(8-10-17)15-5-3-2-4-6-15/h2-11,13-14,20H,12H2,1H3,(H,25,27). The van der Waals surface area contributed by atoms with Gasteiger partial charge in [0.2, 0.25) is 0 Å². The maximum atomic E-state index is 13.3. The minimum absolute atomic E-state index is 0.0460. The molecule has 0 aliphatic carbocycles. The highest BCUT2D eigenvalue weighted by atomic mass is 19.1.